The van der Waals surface area contributed by atoms with E-state index in [0.717, 1.165) is 25.2 Å². The van der Waals surface area contributed by atoms with Crippen LogP contribution in [-0.4, -0.2) is 23.5 Å². The van der Waals surface area contributed by atoms with Crippen molar-refractivity contribution in [3.8, 4) is 0 Å². The molecule has 0 amide bonds. The fourth-order valence-electron chi connectivity index (χ4n) is 2.83. The lowest BCUT2D eigenvalue weighted by Gasteiger charge is -2.21. The molecule has 1 atom stereocenters. The molecule has 0 bridgehead atoms. The predicted octanol–water partition coefficient (Wildman–Crippen LogP) is 3.69. The summed E-state index contributed by atoms with van der Waals surface area (Å²) >= 11 is 3.74. The topological polar surface area (TPSA) is 15.3 Å². The quantitative estimate of drug-likeness (QED) is 0.889. The largest absolute Gasteiger partial charge is 0.310 e. The molecule has 3 heteroatoms. The van der Waals surface area contributed by atoms with Crippen LogP contribution in [0.25, 0.3) is 0 Å². The molecule has 1 saturated carbocycles. The molecular formula is C16H23BrN2. The Morgan fingerprint density at radius 1 is 1.32 bits per heavy atom. The number of benzene rings is 1. The van der Waals surface area contributed by atoms with Crippen LogP contribution in [0.2, 0.25) is 0 Å². The van der Waals surface area contributed by atoms with E-state index in [9.17, 15) is 0 Å². The van der Waals surface area contributed by atoms with Gasteiger partial charge in [-0.2, -0.15) is 0 Å². The maximum atomic E-state index is 3.74. The lowest BCUT2D eigenvalue weighted by Crippen LogP contribution is -2.26. The Morgan fingerprint density at radius 2 is 2.16 bits per heavy atom. The lowest BCUT2D eigenvalue weighted by atomic mass is 10.1. The summed E-state index contributed by atoms with van der Waals surface area (Å²) in [7, 11) is 0. The standard InChI is InChI=1S/C16H23BrN2/c1-12-3-2-8-19(12)11-14-5-4-13(9-16(14)17)10-18-15-6-7-15/h4-5,9,12,15,18H,2-3,6-8,10-11H2,1H3. The van der Waals surface area contributed by atoms with E-state index in [1.54, 1.807) is 0 Å². The fourth-order valence-corrected chi connectivity index (χ4v) is 3.38. The second-order valence-electron chi connectivity index (χ2n) is 6.04. The van der Waals surface area contributed by atoms with Gasteiger partial charge in [-0.05, 0) is 56.3 Å². The first-order valence-electron chi connectivity index (χ1n) is 7.47. The van der Waals surface area contributed by atoms with Crippen molar-refractivity contribution < 1.29 is 0 Å². The zero-order valence-corrected chi connectivity index (χ0v) is 13.2. The predicted molar refractivity (Wildman–Crippen MR) is 83.1 cm³/mol. The number of halogens is 1. The van der Waals surface area contributed by atoms with Gasteiger partial charge in [-0.15, -0.1) is 0 Å². The first kappa shape index (κ1) is 13.6. The summed E-state index contributed by atoms with van der Waals surface area (Å²) < 4.78 is 1.27. The minimum atomic E-state index is 0.739. The van der Waals surface area contributed by atoms with E-state index in [2.05, 4.69) is 51.3 Å². The first-order chi connectivity index (χ1) is 9.22. The van der Waals surface area contributed by atoms with Crippen molar-refractivity contribution in [2.45, 2.75) is 57.8 Å². The van der Waals surface area contributed by atoms with Crippen LogP contribution in [0, 0.1) is 0 Å². The summed E-state index contributed by atoms with van der Waals surface area (Å²) in [5.74, 6) is 0. The summed E-state index contributed by atoms with van der Waals surface area (Å²) in [4.78, 5) is 2.59. The molecule has 1 aromatic carbocycles. The number of hydrogen-bond acceptors (Lipinski definition) is 2. The second-order valence-corrected chi connectivity index (χ2v) is 6.90. The normalized spacial score (nSPS) is 24.0. The number of hydrogen-bond donors (Lipinski definition) is 1. The number of nitrogens with one attached hydrogen (secondary N) is 1. The molecule has 2 fully saturated rings. The van der Waals surface area contributed by atoms with Crippen molar-refractivity contribution in [3.05, 3.63) is 33.8 Å². The Kier molecular flexibility index (Phi) is 4.25. The molecule has 1 saturated heterocycles. The van der Waals surface area contributed by atoms with Gasteiger partial charge < -0.3 is 5.32 Å². The zero-order chi connectivity index (χ0) is 13.2. The van der Waals surface area contributed by atoms with E-state index in [0.29, 0.717) is 0 Å². The van der Waals surface area contributed by atoms with Crippen LogP contribution in [0.4, 0.5) is 0 Å². The highest BCUT2D eigenvalue weighted by molar-refractivity contribution is 9.10. The molecule has 1 aliphatic heterocycles. The molecule has 0 aromatic heterocycles. The van der Waals surface area contributed by atoms with Crippen LogP contribution < -0.4 is 5.32 Å². The van der Waals surface area contributed by atoms with Gasteiger partial charge in [0, 0.05) is 29.6 Å². The molecule has 1 heterocycles. The molecule has 1 aromatic rings. The Bertz CT molecular complexity index is 442. The Morgan fingerprint density at radius 3 is 2.79 bits per heavy atom. The summed E-state index contributed by atoms with van der Waals surface area (Å²) in [6.07, 6.45) is 5.40. The van der Waals surface area contributed by atoms with Gasteiger partial charge in [-0.3, -0.25) is 4.90 Å². The van der Waals surface area contributed by atoms with Gasteiger partial charge in [0.2, 0.25) is 0 Å². The van der Waals surface area contributed by atoms with Gasteiger partial charge in [0.05, 0.1) is 0 Å². The molecule has 1 unspecified atom stereocenters. The van der Waals surface area contributed by atoms with Crippen molar-refractivity contribution in [2.24, 2.45) is 0 Å². The van der Waals surface area contributed by atoms with E-state index in [-0.39, 0.29) is 0 Å². The molecule has 1 N–H and O–H groups in total. The monoisotopic (exact) mass is 322 g/mol. The number of nitrogens with zero attached hydrogens (tertiary/aromatic N) is 1. The van der Waals surface area contributed by atoms with Gasteiger partial charge in [-0.25, -0.2) is 0 Å². The van der Waals surface area contributed by atoms with E-state index in [1.165, 1.54) is 47.8 Å². The second kappa shape index (κ2) is 5.94. The highest BCUT2D eigenvalue weighted by atomic mass is 79.9. The first-order valence-corrected chi connectivity index (χ1v) is 8.26. The molecule has 19 heavy (non-hydrogen) atoms. The Labute approximate surface area is 124 Å². The average molecular weight is 323 g/mol. The van der Waals surface area contributed by atoms with Crippen LogP contribution in [0.15, 0.2) is 22.7 Å². The number of rotatable bonds is 5. The van der Waals surface area contributed by atoms with Crippen molar-refractivity contribution in [1.82, 2.24) is 10.2 Å². The molecule has 2 aliphatic rings. The average Bonchev–Trinajstić information content (AvgIpc) is 3.14. The Balaban J connectivity index is 1.61. The van der Waals surface area contributed by atoms with Crippen LogP contribution in [0.3, 0.4) is 0 Å². The molecule has 104 valence electrons. The van der Waals surface area contributed by atoms with Crippen molar-refractivity contribution in [1.29, 1.82) is 0 Å². The molecular weight excluding hydrogens is 300 g/mol. The van der Waals surface area contributed by atoms with Gasteiger partial charge in [0.15, 0.2) is 0 Å². The molecule has 3 rings (SSSR count). The Hall–Kier alpha value is -0.380. The van der Waals surface area contributed by atoms with Crippen LogP contribution >= 0.6 is 15.9 Å². The minimum absolute atomic E-state index is 0.739. The van der Waals surface area contributed by atoms with Gasteiger partial charge >= 0.3 is 0 Å². The maximum absolute atomic E-state index is 3.74. The highest BCUT2D eigenvalue weighted by Gasteiger charge is 2.21. The molecule has 0 radical (unpaired) electrons. The van der Waals surface area contributed by atoms with Crippen molar-refractivity contribution in [3.63, 3.8) is 0 Å². The van der Waals surface area contributed by atoms with E-state index < -0.39 is 0 Å². The fraction of sp³-hybridized carbons (Fsp3) is 0.625. The summed E-state index contributed by atoms with van der Waals surface area (Å²) in [5.41, 5.74) is 2.81. The van der Waals surface area contributed by atoms with Crippen LogP contribution in [0.5, 0.6) is 0 Å². The van der Waals surface area contributed by atoms with Gasteiger partial charge in [-0.1, -0.05) is 28.1 Å². The molecule has 0 spiro atoms. The number of likely N-dealkylation sites (tertiary alicyclic amines) is 1. The molecule has 2 nitrogen and oxygen atoms in total. The summed E-state index contributed by atoms with van der Waals surface area (Å²) in [6.45, 7) is 5.68. The molecule has 1 aliphatic carbocycles. The maximum Gasteiger partial charge on any atom is 0.0247 e. The summed E-state index contributed by atoms with van der Waals surface area (Å²) in [6, 6.07) is 8.37. The minimum Gasteiger partial charge on any atom is -0.310 e. The van der Waals surface area contributed by atoms with Gasteiger partial charge in [0.1, 0.15) is 0 Å². The summed E-state index contributed by atoms with van der Waals surface area (Å²) in [5, 5.41) is 3.57. The lowest BCUT2D eigenvalue weighted by molar-refractivity contribution is 0.260. The highest BCUT2D eigenvalue weighted by Crippen LogP contribution is 2.25. The van der Waals surface area contributed by atoms with E-state index in [1.807, 2.05) is 0 Å². The van der Waals surface area contributed by atoms with Crippen LogP contribution in [-0.2, 0) is 13.1 Å². The third-order valence-electron chi connectivity index (χ3n) is 4.35. The third-order valence-corrected chi connectivity index (χ3v) is 5.09. The zero-order valence-electron chi connectivity index (χ0n) is 11.7. The van der Waals surface area contributed by atoms with Crippen LogP contribution in [0.1, 0.15) is 43.7 Å². The van der Waals surface area contributed by atoms with E-state index in [4.69, 9.17) is 0 Å². The SMILES string of the molecule is CC1CCCN1Cc1ccc(CNC2CC2)cc1Br. The van der Waals surface area contributed by atoms with E-state index >= 15 is 0 Å². The van der Waals surface area contributed by atoms with Gasteiger partial charge in [0.25, 0.3) is 0 Å². The van der Waals surface area contributed by atoms with Crippen molar-refractivity contribution >= 4 is 15.9 Å². The smallest absolute Gasteiger partial charge is 0.0247 e. The van der Waals surface area contributed by atoms with Crippen molar-refractivity contribution in [2.75, 3.05) is 6.54 Å². The third kappa shape index (κ3) is 3.59.